The van der Waals surface area contributed by atoms with Gasteiger partial charge in [0.15, 0.2) is 11.5 Å². The minimum absolute atomic E-state index is 0.269. The normalized spacial score (nSPS) is 12.0. The van der Waals surface area contributed by atoms with E-state index in [2.05, 4.69) is 20.4 Å². The minimum atomic E-state index is 0.269. The molecule has 0 fully saturated rings. The maximum Gasteiger partial charge on any atom is 0.259 e. The van der Waals surface area contributed by atoms with E-state index >= 15 is 0 Å². The summed E-state index contributed by atoms with van der Waals surface area (Å²) in [6.07, 6.45) is 1.70. The number of pyridine rings is 1. The van der Waals surface area contributed by atoms with Gasteiger partial charge in [-0.15, -0.1) is 0 Å². The molecule has 0 saturated heterocycles. The average Bonchev–Trinajstić information content (AvgIpc) is 3.48. The van der Waals surface area contributed by atoms with Gasteiger partial charge in [0.2, 0.25) is 12.6 Å². The first-order chi connectivity index (χ1) is 14.8. The lowest BCUT2D eigenvalue weighted by molar-refractivity contribution is 0.174. The lowest BCUT2D eigenvalue weighted by Crippen LogP contribution is -2.01. The Morgan fingerprint density at radius 3 is 2.60 bits per heavy atom. The summed E-state index contributed by atoms with van der Waals surface area (Å²) in [4.78, 5) is 8.89. The van der Waals surface area contributed by atoms with Crippen LogP contribution < -0.4 is 19.5 Å². The predicted molar refractivity (Wildman–Crippen MR) is 109 cm³/mol. The van der Waals surface area contributed by atoms with Crippen molar-refractivity contribution >= 4 is 5.82 Å². The maximum atomic E-state index is 5.41. The molecular weight excluding hydrogens is 384 g/mol. The van der Waals surface area contributed by atoms with Gasteiger partial charge in [0, 0.05) is 18.3 Å². The number of ether oxygens (including phenoxy) is 3. The number of nitrogens with one attached hydrogen (secondary N) is 1. The number of methoxy groups -OCH3 is 1. The fraction of sp³-hybridized carbons (Fsp3) is 0.136. The van der Waals surface area contributed by atoms with Crippen LogP contribution in [0.25, 0.3) is 22.8 Å². The van der Waals surface area contributed by atoms with E-state index in [0.717, 1.165) is 39.8 Å². The molecule has 2 aromatic heterocycles. The minimum Gasteiger partial charge on any atom is -0.497 e. The van der Waals surface area contributed by atoms with Crippen molar-refractivity contribution in [2.45, 2.75) is 6.54 Å². The van der Waals surface area contributed by atoms with E-state index in [4.69, 9.17) is 18.7 Å². The van der Waals surface area contributed by atoms with Gasteiger partial charge in [0.25, 0.3) is 5.89 Å². The number of aromatic nitrogens is 3. The molecule has 0 radical (unpaired) electrons. The van der Waals surface area contributed by atoms with Crippen molar-refractivity contribution in [3.63, 3.8) is 0 Å². The van der Waals surface area contributed by atoms with E-state index in [9.17, 15) is 0 Å². The Hall–Kier alpha value is -4.07. The smallest absolute Gasteiger partial charge is 0.259 e. The van der Waals surface area contributed by atoms with Crippen molar-refractivity contribution in [1.29, 1.82) is 0 Å². The third kappa shape index (κ3) is 3.62. The molecule has 0 bridgehead atoms. The summed E-state index contributed by atoms with van der Waals surface area (Å²) in [6.45, 7) is 0.885. The number of benzene rings is 2. The van der Waals surface area contributed by atoms with Crippen molar-refractivity contribution in [3.8, 4) is 40.1 Å². The molecule has 3 heterocycles. The number of anilines is 1. The van der Waals surface area contributed by atoms with Crippen LogP contribution in [0.2, 0.25) is 0 Å². The Bertz CT molecular complexity index is 1160. The van der Waals surface area contributed by atoms with Crippen molar-refractivity contribution in [2.75, 3.05) is 19.2 Å². The van der Waals surface area contributed by atoms with Gasteiger partial charge in [-0.1, -0.05) is 11.2 Å². The summed E-state index contributed by atoms with van der Waals surface area (Å²) in [5.41, 5.74) is 2.67. The van der Waals surface area contributed by atoms with Crippen LogP contribution in [0.3, 0.4) is 0 Å². The summed E-state index contributed by atoms with van der Waals surface area (Å²) in [5, 5.41) is 7.34. The molecule has 2 aromatic carbocycles. The van der Waals surface area contributed by atoms with Crippen LogP contribution in [0.4, 0.5) is 5.82 Å². The van der Waals surface area contributed by atoms with E-state index in [-0.39, 0.29) is 6.79 Å². The van der Waals surface area contributed by atoms with Crippen molar-refractivity contribution in [1.82, 2.24) is 15.1 Å². The van der Waals surface area contributed by atoms with E-state index in [1.165, 1.54) is 0 Å². The second-order valence-corrected chi connectivity index (χ2v) is 6.62. The highest BCUT2D eigenvalue weighted by Crippen LogP contribution is 2.32. The molecule has 1 aliphatic rings. The maximum absolute atomic E-state index is 5.41. The van der Waals surface area contributed by atoms with E-state index in [0.29, 0.717) is 18.3 Å². The molecule has 0 atom stereocenters. The van der Waals surface area contributed by atoms with Crippen molar-refractivity contribution in [2.24, 2.45) is 0 Å². The fourth-order valence-corrected chi connectivity index (χ4v) is 3.07. The Morgan fingerprint density at radius 2 is 1.80 bits per heavy atom. The number of hydrogen-bond acceptors (Lipinski definition) is 8. The second kappa shape index (κ2) is 7.75. The van der Waals surface area contributed by atoms with Gasteiger partial charge in [-0.2, -0.15) is 4.98 Å². The molecule has 1 aliphatic heterocycles. The van der Waals surface area contributed by atoms with Crippen LogP contribution in [0.15, 0.2) is 65.3 Å². The quantitative estimate of drug-likeness (QED) is 0.514. The van der Waals surface area contributed by atoms with Crippen LogP contribution in [0, 0.1) is 0 Å². The SMILES string of the molecule is COc1ccc(-c2noc(-c3ccc(NCc4ccc5c(c4)OCO5)nc3)n2)cc1. The highest BCUT2D eigenvalue weighted by molar-refractivity contribution is 5.60. The van der Waals surface area contributed by atoms with Crippen LogP contribution >= 0.6 is 0 Å². The van der Waals surface area contributed by atoms with Gasteiger partial charge in [0.1, 0.15) is 11.6 Å². The molecule has 0 unspecified atom stereocenters. The van der Waals surface area contributed by atoms with Crippen LogP contribution in [0.5, 0.6) is 17.2 Å². The zero-order valence-corrected chi connectivity index (χ0v) is 16.2. The first-order valence-electron chi connectivity index (χ1n) is 9.35. The van der Waals surface area contributed by atoms with Crippen LogP contribution in [-0.2, 0) is 6.54 Å². The predicted octanol–water partition coefficient (Wildman–Crippen LogP) is 4.15. The zero-order valence-electron chi connectivity index (χ0n) is 16.2. The molecule has 8 heteroatoms. The molecule has 0 amide bonds. The fourth-order valence-electron chi connectivity index (χ4n) is 3.07. The highest BCUT2D eigenvalue weighted by atomic mass is 16.7. The van der Waals surface area contributed by atoms with Gasteiger partial charge in [0.05, 0.1) is 12.7 Å². The topological polar surface area (TPSA) is 91.5 Å². The average molecular weight is 402 g/mol. The van der Waals surface area contributed by atoms with Gasteiger partial charge < -0.3 is 24.1 Å². The van der Waals surface area contributed by atoms with E-state index < -0.39 is 0 Å². The van der Waals surface area contributed by atoms with E-state index in [1.807, 2.05) is 54.6 Å². The number of nitrogens with zero attached hydrogens (tertiary/aromatic N) is 3. The first kappa shape index (κ1) is 18.0. The second-order valence-electron chi connectivity index (χ2n) is 6.62. The lowest BCUT2D eigenvalue weighted by atomic mass is 10.2. The highest BCUT2D eigenvalue weighted by Gasteiger charge is 2.14. The Morgan fingerprint density at radius 1 is 0.967 bits per heavy atom. The standard InChI is InChI=1S/C22H18N4O4/c1-27-17-6-3-15(4-7-17)21-25-22(30-26-21)16-5-9-20(24-12-16)23-11-14-2-8-18-19(10-14)29-13-28-18/h2-10,12H,11,13H2,1H3,(H,23,24). The molecular formula is C22H18N4O4. The van der Waals surface area contributed by atoms with Crippen molar-refractivity contribution in [3.05, 3.63) is 66.4 Å². The van der Waals surface area contributed by atoms with Crippen molar-refractivity contribution < 1.29 is 18.7 Å². The molecule has 0 aliphatic carbocycles. The third-order valence-corrected chi connectivity index (χ3v) is 4.70. The van der Waals surface area contributed by atoms with Crippen LogP contribution in [-0.4, -0.2) is 29.0 Å². The number of hydrogen-bond donors (Lipinski definition) is 1. The monoisotopic (exact) mass is 402 g/mol. The number of fused-ring (bicyclic) bond motifs is 1. The summed E-state index contributed by atoms with van der Waals surface area (Å²) < 4.78 is 21.3. The molecule has 4 aromatic rings. The van der Waals surface area contributed by atoms with Gasteiger partial charge in [-0.05, 0) is 54.1 Å². The summed E-state index contributed by atoms with van der Waals surface area (Å²) in [7, 11) is 1.63. The summed E-state index contributed by atoms with van der Waals surface area (Å²) >= 11 is 0. The number of rotatable bonds is 6. The zero-order chi connectivity index (χ0) is 20.3. The molecule has 1 N–H and O–H groups in total. The Labute approximate surface area is 172 Å². The van der Waals surface area contributed by atoms with E-state index in [1.54, 1.807) is 13.3 Å². The summed E-state index contributed by atoms with van der Waals surface area (Å²) in [6, 6.07) is 17.1. The lowest BCUT2D eigenvalue weighted by Gasteiger charge is -2.06. The first-order valence-corrected chi connectivity index (χ1v) is 9.35. The molecule has 0 spiro atoms. The Kier molecular flexibility index (Phi) is 4.65. The van der Waals surface area contributed by atoms with Gasteiger partial charge in [-0.3, -0.25) is 0 Å². The van der Waals surface area contributed by atoms with Gasteiger partial charge >= 0.3 is 0 Å². The molecule has 8 nitrogen and oxygen atoms in total. The molecule has 0 saturated carbocycles. The largest absolute Gasteiger partial charge is 0.497 e. The molecule has 150 valence electrons. The summed E-state index contributed by atoms with van der Waals surface area (Å²) in [5.74, 6) is 3.98. The van der Waals surface area contributed by atoms with Gasteiger partial charge in [-0.25, -0.2) is 4.98 Å². The molecule has 30 heavy (non-hydrogen) atoms. The molecule has 5 rings (SSSR count). The third-order valence-electron chi connectivity index (χ3n) is 4.70. The Balaban J connectivity index is 1.25. The van der Waals surface area contributed by atoms with Crippen LogP contribution in [0.1, 0.15) is 5.56 Å².